The maximum Gasteiger partial charge on any atom is 0.224 e. The molecule has 1 N–H and O–H groups in total. The smallest absolute Gasteiger partial charge is 0.224 e. The van der Waals surface area contributed by atoms with Crippen molar-refractivity contribution in [2.75, 3.05) is 10.2 Å². The maximum atomic E-state index is 12.0. The molecule has 0 bridgehead atoms. The minimum atomic E-state index is 0.104. The number of anilines is 2. The lowest BCUT2D eigenvalue weighted by Crippen LogP contribution is -2.43. The number of nitrogens with one attached hydrogen (secondary N) is 1. The van der Waals surface area contributed by atoms with E-state index in [2.05, 4.69) is 65.2 Å². The molecule has 1 amide bonds. The fraction of sp³-hybridized carbons (Fsp3) is 0.278. The van der Waals surface area contributed by atoms with Gasteiger partial charge in [-0.05, 0) is 71.8 Å². The van der Waals surface area contributed by atoms with Crippen molar-refractivity contribution in [3.63, 3.8) is 0 Å². The summed E-state index contributed by atoms with van der Waals surface area (Å²) in [4.78, 5) is 13.9. The third-order valence-electron chi connectivity index (χ3n) is 4.11. The topological polar surface area (TPSA) is 32.3 Å². The van der Waals surface area contributed by atoms with Crippen LogP contribution in [-0.4, -0.2) is 11.9 Å². The van der Waals surface area contributed by atoms with Gasteiger partial charge in [0.15, 0.2) is 0 Å². The summed E-state index contributed by atoms with van der Waals surface area (Å²) in [5.74, 6) is 0.104. The van der Waals surface area contributed by atoms with Gasteiger partial charge in [-0.3, -0.25) is 4.79 Å². The summed E-state index contributed by atoms with van der Waals surface area (Å²) in [5, 5.41) is 3.61. The molecule has 0 aromatic heterocycles. The number of hydrogen-bond donors (Lipinski definition) is 1. The number of amides is 1. The Labute approximate surface area is 144 Å². The van der Waals surface area contributed by atoms with Gasteiger partial charge in [-0.25, -0.2) is 0 Å². The summed E-state index contributed by atoms with van der Waals surface area (Å²) in [7, 11) is 0. The molecule has 2 aromatic rings. The lowest BCUT2D eigenvalue weighted by atomic mass is 9.91. The summed E-state index contributed by atoms with van der Waals surface area (Å²) < 4.78 is 1.23. The van der Waals surface area contributed by atoms with E-state index in [-0.39, 0.29) is 18.0 Å². The number of rotatable bonds is 2. The molecule has 0 spiro atoms. The van der Waals surface area contributed by atoms with E-state index < -0.39 is 0 Å². The summed E-state index contributed by atoms with van der Waals surface area (Å²) in [5.41, 5.74) is 3.33. The van der Waals surface area contributed by atoms with Crippen molar-refractivity contribution in [3.8, 4) is 0 Å². The first-order valence-electron chi connectivity index (χ1n) is 7.47. The molecule has 114 valence electrons. The zero-order valence-corrected chi connectivity index (χ0v) is 14.9. The van der Waals surface area contributed by atoms with Crippen LogP contribution < -0.4 is 10.2 Å². The van der Waals surface area contributed by atoms with Gasteiger partial charge in [0.2, 0.25) is 5.91 Å². The number of hydrogen-bond acceptors (Lipinski definition) is 2. The van der Waals surface area contributed by atoms with Gasteiger partial charge in [0, 0.05) is 27.9 Å². The Hall–Kier alpha value is -1.56. The van der Waals surface area contributed by atoms with Crippen LogP contribution in [0.5, 0.6) is 0 Å². The van der Waals surface area contributed by atoms with E-state index in [1.165, 1.54) is 9.13 Å². The third-order valence-corrected chi connectivity index (χ3v) is 4.83. The molecule has 0 saturated carbocycles. The molecule has 0 radical (unpaired) electrons. The van der Waals surface area contributed by atoms with Gasteiger partial charge >= 0.3 is 0 Å². The van der Waals surface area contributed by atoms with Crippen molar-refractivity contribution in [1.29, 1.82) is 0 Å². The van der Waals surface area contributed by atoms with Crippen LogP contribution in [0.4, 0.5) is 11.4 Å². The lowest BCUT2D eigenvalue weighted by molar-refractivity contribution is -0.117. The largest absolute Gasteiger partial charge is 0.378 e. The Bertz CT molecular complexity index is 684. The standard InChI is InChI=1S/C18H19IN2O/c1-12-11-17(20-15-9-7-14(19)8-10-15)16-5-3-4-6-18(16)21(12)13(2)22/h3-10,12,17,20H,11H2,1-2H3/t12-,17+/m0/s1. The molecule has 0 aliphatic carbocycles. The molecule has 3 rings (SSSR count). The van der Waals surface area contributed by atoms with E-state index in [4.69, 9.17) is 0 Å². The van der Waals surface area contributed by atoms with Crippen LogP contribution in [0.15, 0.2) is 48.5 Å². The van der Waals surface area contributed by atoms with E-state index in [0.717, 1.165) is 17.8 Å². The normalized spacial score (nSPS) is 20.4. The molecule has 0 saturated heterocycles. The first-order valence-corrected chi connectivity index (χ1v) is 8.55. The monoisotopic (exact) mass is 406 g/mol. The van der Waals surface area contributed by atoms with Crippen molar-refractivity contribution >= 4 is 39.9 Å². The van der Waals surface area contributed by atoms with Crippen molar-refractivity contribution in [2.45, 2.75) is 32.4 Å². The van der Waals surface area contributed by atoms with E-state index in [9.17, 15) is 4.79 Å². The molecule has 1 heterocycles. The Morgan fingerprint density at radius 2 is 1.86 bits per heavy atom. The molecule has 2 aromatic carbocycles. The highest BCUT2D eigenvalue weighted by molar-refractivity contribution is 14.1. The maximum absolute atomic E-state index is 12.0. The number of carbonyl (C=O) groups excluding carboxylic acids is 1. The Morgan fingerprint density at radius 3 is 2.55 bits per heavy atom. The molecule has 0 fully saturated rings. The van der Waals surface area contributed by atoms with E-state index in [0.29, 0.717) is 0 Å². The minimum Gasteiger partial charge on any atom is -0.378 e. The van der Waals surface area contributed by atoms with E-state index >= 15 is 0 Å². The summed E-state index contributed by atoms with van der Waals surface area (Å²) in [6, 6.07) is 17.0. The minimum absolute atomic E-state index is 0.104. The van der Waals surface area contributed by atoms with Crippen LogP contribution >= 0.6 is 22.6 Å². The number of para-hydroxylation sites is 1. The predicted molar refractivity (Wildman–Crippen MR) is 99.2 cm³/mol. The molecule has 4 heteroatoms. The molecule has 0 unspecified atom stereocenters. The average molecular weight is 406 g/mol. The van der Waals surface area contributed by atoms with Crippen LogP contribution in [0.2, 0.25) is 0 Å². The second kappa shape index (κ2) is 6.28. The van der Waals surface area contributed by atoms with Crippen molar-refractivity contribution in [1.82, 2.24) is 0 Å². The van der Waals surface area contributed by atoms with Gasteiger partial charge in [-0.2, -0.15) is 0 Å². The first kappa shape index (κ1) is 15.3. The number of fused-ring (bicyclic) bond motifs is 1. The van der Waals surface area contributed by atoms with Crippen LogP contribution in [0.25, 0.3) is 0 Å². The highest BCUT2D eigenvalue weighted by Gasteiger charge is 2.31. The van der Waals surface area contributed by atoms with Crippen LogP contribution in [-0.2, 0) is 4.79 Å². The van der Waals surface area contributed by atoms with Crippen molar-refractivity contribution in [2.24, 2.45) is 0 Å². The highest BCUT2D eigenvalue weighted by Crippen LogP contribution is 2.38. The quantitative estimate of drug-likeness (QED) is 0.741. The summed E-state index contributed by atoms with van der Waals surface area (Å²) in [6.45, 7) is 3.75. The van der Waals surface area contributed by atoms with Gasteiger partial charge < -0.3 is 10.2 Å². The average Bonchev–Trinajstić information content (AvgIpc) is 2.49. The van der Waals surface area contributed by atoms with Crippen LogP contribution in [0.1, 0.15) is 31.9 Å². The second-order valence-corrected chi connectivity index (χ2v) is 6.98. The third kappa shape index (κ3) is 2.97. The fourth-order valence-electron chi connectivity index (χ4n) is 3.18. The van der Waals surface area contributed by atoms with Crippen LogP contribution in [0, 0.1) is 3.57 Å². The molecular formula is C18H19IN2O. The number of benzene rings is 2. The molecule has 22 heavy (non-hydrogen) atoms. The number of carbonyl (C=O) groups is 1. The lowest BCUT2D eigenvalue weighted by Gasteiger charge is -2.39. The highest BCUT2D eigenvalue weighted by atomic mass is 127. The molecule has 3 nitrogen and oxygen atoms in total. The fourth-order valence-corrected chi connectivity index (χ4v) is 3.54. The summed E-state index contributed by atoms with van der Waals surface area (Å²) in [6.07, 6.45) is 0.905. The van der Waals surface area contributed by atoms with Gasteiger partial charge in [-0.15, -0.1) is 0 Å². The number of nitrogens with zero attached hydrogens (tertiary/aromatic N) is 1. The zero-order valence-electron chi connectivity index (χ0n) is 12.7. The van der Waals surface area contributed by atoms with Gasteiger partial charge in [0.25, 0.3) is 0 Å². The number of halogens is 1. The SMILES string of the molecule is CC(=O)N1c2ccccc2[C@H](Nc2ccc(I)cc2)C[C@@H]1C. The van der Waals surface area contributed by atoms with E-state index in [1.54, 1.807) is 6.92 Å². The molecule has 1 aliphatic heterocycles. The molecular weight excluding hydrogens is 387 g/mol. The van der Waals surface area contributed by atoms with Gasteiger partial charge in [-0.1, -0.05) is 18.2 Å². The first-order chi connectivity index (χ1) is 10.6. The second-order valence-electron chi connectivity index (χ2n) is 5.74. The van der Waals surface area contributed by atoms with Gasteiger partial charge in [0.05, 0.1) is 6.04 Å². The summed E-state index contributed by atoms with van der Waals surface area (Å²) >= 11 is 2.31. The van der Waals surface area contributed by atoms with Gasteiger partial charge in [0.1, 0.15) is 0 Å². The Kier molecular flexibility index (Phi) is 4.38. The zero-order chi connectivity index (χ0) is 15.7. The van der Waals surface area contributed by atoms with Crippen molar-refractivity contribution in [3.05, 3.63) is 57.7 Å². The molecule has 1 aliphatic rings. The van der Waals surface area contributed by atoms with E-state index in [1.807, 2.05) is 23.1 Å². The predicted octanol–water partition coefficient (Wildman–Crippen LogP) is 4.59. The Morgan fingerprint density at radius 1 is 1.18 bits per heavy atom. The van der Waals surface area contributed by atoms with Crippen molar-refractivity contribution < 1.29 is 4.79 Å². The molecule has 2 atom stereocenters. The van der Waals surface area contributed by atoms with Crippen LogP contribution in [0.3, 0.4) is 0 Å². The Balaban J connectivity index is 1.94.